The fourth-order valence-electron chi connectivity index (χ4n) is 2.02. The predicted molar refractivity (Wildman–Crippen MR) is 73.3 cm³/mol. The quantitative estimate of drug-likeness (QED) is 0.659. The maximum atomic E-state index is 11.2. The summed E-state index contributed by atoms with van der Waals surface area (Å²) in [5.41, 5.74) is 1.98. The first-order valence-corrected chi connectivity index (χ1v) is 6.26. The summed E-state index contributed by atoms with van der Waals surface area (Å²) in [5.74, 6) is -0.929. The molecule has 0 saturated carbocycles. The van der Waals surface area contributed by atoms with Crippen LogP contribution in [-0.2, 0) is 16.0 Å². The molecule has 102 valence electrons. The zero-order chi connectivity index (χ0) is 13.7. The highest BCUT2D eigenvalue weighted by Crippen LogP contribution is 2.19. The maximum Gasteiger partial charge on any atom is 0.333 e. The van der Waals surface area contributed by atoms with Gasteiger partial charge in [-0.15, -0.1) is 0 Å². The molecular weight excluding hydrogens is 244 g/mol. The first kappa shape index (κ1) is 13.6. The van der Waals surface area contributed by atoms with Gasteiger partial charge in [0.2, 0.25) is 0 Å². The van der Waals surface area contributed by atoms with Crippen LogP contribution in [0.1, 0.15) is 5.56 Å². The second-order valence-corrected chi connectivity index (χ2v) is 4.36. The number of benzene rings is 1. The Morgan fingerprint density at radius 1 is 1.47 bits per heavy atom. The number of aromatic nitrogens is 1. The maximum absolute atomic E-state index is 11.2. The Morgan fingerprint density at radius 3 is 3.00 bits per heavy atom. The van der Waals surface area contributed by atoms with E-state index in [9.17, 15) is 9.90 Å². The summed E-state index contributed by atoms with van der Waals surface area (Å²) in [5, 5.41) is 13.2. The van der Waals surface area contributed by atoms with Gasteiger partial charge in [-0.05, 0) is 18.7 Å². The van der Waals surface area contributed by atoms with E-state index in [-0.39, 0.29) is 0 Å². The number of nitrogens with one attached hydrogen (secondary N) is 2. The van der Waals surface area contributed by atoms with Gasteiger partial charge in [0, 0.05) is 30.1 Å². The first-order chi connectivity index (χ1) is 9.22. The van der Waals surface area contributed by atoms with E-state index in [1.165, 1.54) is 0 Å². The minimum atomic E-state index is -0.929. The summed E-state index contributed by atoms with van der Waals surface area (Å²) >= 11 is 0. The van der Waals surface area contributed by atoms with Crippen molar-refractivity contribution in [1.29, 1.82) is 0 Å². The monoisotopic (exact) mass is 262 g/mol. The molecule has 0 fully saturated rings. The van der Waals surface area contributed by atoms with Crippen LogP contribution in [-0.4, -0.2) is 42.4 Å². The lowest BCUT2D eigenvalue weighted by molar-refractivity contribution is -0.150. The van der Waals surface area contributed by atoms with E-state index < -0.39 is 12.1 Å². The molecule has 19 heavy (non-hydrogen) atoms. The van der Waals surface area contributed by atoms with Crippen molar-refractivity contribution in [2.45, 2.75) is 12.5 Å². The summed E-state index contributed by atoms with van der Waals surface area (Å²) in [4.78, 5) is 14.3. The van der Waals surface area contributed by atoms with Gasteiger partial charge < -0.3 is 20.1 Å². The van der Waals surface area contributed by atoms with Crippen molar-refractivity contribution in [3.63, 3.8) is 0 Å². The average molecular weight is 262 g/mol. The Bertz CT molecular complexity index is 550. The van der Waals surface area contributed by atoms with E-state index in [4.69, 9.17) is 4.74 Å². The number of carboxylic acids is 1. The van der Waals surface area contributed by atoms with Crippen LogP contribution in [0.3, 0.4) is 0 Å². The lowest BCUT2D eigenvalue weighted by Crippen LogP contribution is -2.29. The first-order valence-electron chi connectivity index (χ1n) is 6.26. The highest BCUT2D eigenvalue weighted by atomic mass is 16.5. The molecule has 0 bridgehead atoms. The minimum absolute atomic E-state index is 0.364. The molecule has 2 rings (SSSR count). The summed E-state index contributed by atoms with van der Waals surface area (Å²) in [6, 6.07) is 7.84. The van der Waals surface area contributed by atoms with Gasteiger partial charge in [-0.2, -0.15) is 0 Å². The van der Waals surface area contributed by atoms with Gasteiger partial charge in [0.25, 0.3) is 0 Å². The predicted octanol–water partition coefficient (Wildman–Crippen LogP) is 1.40. The van der Waals surface area contributed by atoms with Crippen LogP contribution in [0.15, 0.2) is 30.5 Å². The number of para-hydroxylation sites is 1. The summed E-state index contributed by atoms with van der Waals surface area (Å²) in [6.07, 6.45) is 1.40. The van der Waals surface area contributed by atoms with Crippen LogP contribution >= 0.6 is 0 Å². The standard InChI is InChI=1S/C14H18N2O3/c1-15-6-7-19-13(14(17)18)8-10-9-16-12-5-3-2-4-11(10)12/h2-5,9,13,15-16H,6-8H2,1H3,(H,17,18)/t13-/m0/s1. The molecule has 5 heteroatoms. The smallest absolute Gasteiger partial charge is 0.333 e. The molecular formula is C14H18N2O3. The number of rotatable bonds is 7. The Labute approximate surface area is 111 Å². The Hall–Kier alpha value is -1.85. The van der Waals surface area contributed by atoms with Crippen LogP contribution in [0, 0.1) is 0 Å². The van der Waals surface area contributed by atoms with Gasteiger partial charge in [0.05, 0.1) is 6.61 Å². The Balaban J connectivity index is 2.10. The van der Waals surface area contributed by atoms with Crippen molar-refractivity contribution in [2.75, 3.05) is 20.2 Å². The molecule has 2 aromatic rings. The molecule has 0 aliphatic rings. The highest BCUT2D eigenvalue weighted by molar-refractivity contribution is 5.84. The third-order valence-electron chi connectivity index (χ3n) is 3.03. The summed E-state index contributed by atoms with van der Waals surface area (Å²) in [7, 11) is 1.80. The van der Waals surface area contributed by atoms with Gasteiger partial charge in [-0.1, -0.05) is 18.2 Å². The second kappa shape index (κ2) is 6.36. The molecule has 0 aliphatic carbocycles. The molecule has 0 spiro atoms. The van der Waals surface area contributed by atoms with Gasteiger partial charge in [-0.25, -0.2) is 4.79 Å². The molecule has 1 atom stereocenters. The molecule has 0 amide bonds. The largest absolute Gasteiger partial charge is 0.479 e. The number of aliphatic carboxylic acids is 1. The molecule has 0 unspecified atom stereocenters. The minimum Gasteiger partial charge on any atom is -0.479 e. The van der Waals surface area contributed by atoms with Crippen molar-refractivity contribution in [3.05, 3.63) is 36.0 Å². The van der Waals surface area contributed by atoms with Crippen LogP contribution in [0.5, 0.6) is 0 Å². The highest BCUT2D eigenvalue weighted by Gasteiger charge is 2.20. The number of ether oxygens (including phenoxy) is 1. The van der Waals surface area contributed by atoms with E-state index in [1.807, 2.05) is 30.5 Å². The SMILES string of the molecule is CNCCO[C@@H](Cc1c[nH]c2ccccc12)C(=O)O. The number of hydrogen-bond acceptors (Lipinski definition) is 3. The lowest BCUT2D eigenvalue weighted by Gasteiger charge is -2.13. The molecule has 0 saturated heterocycles. The molecule has 3 N–H and O–H groups in total. The number of hydrogen-bond donors (Lipinski definition) is 3. The number of carboxylic acid groups (broad SMARTS) is 1. The van der Waals surface area contributed by atoms with E-state index in [2.05, 4.69) is 10.3 Å². The van der Waals surface area contributed by atoms with E-state index in [0.29, 0.717) is 19.6 Å². The van der Waals surface area contributed by atoms with Crippen molar-refractivity contribution in [2.24, 2.45) is 0 Å². The molecule has 0 radical (unpaired) electrons. The van der Waals surface area contributed by atoms with Crippen molar-refractivity contribution in [3.8, 4) is 0 Å². The van der Waals surface area contributed by atoms with Gasteiger partial charge in [-0.3, -0.25) is 0 Å². The topological polar surface area (TPSA) is 74.3 Å². The fraction of sp³-hybridized carbons (Fsp3) is 0.357. The summed E-state index contributed by atoms with van der Waals surface area (Å²) in [6.45, 7) is 1.02. The normalized spacial score (nSPS) is 12.7. The van der Waals surface area contributed by atoms with Crippen molar-refractivity contribution >= 4 is 16.9 Å². The Morgan fingerprint density at radius 2 is 2.26 bits per heavy atom. The van der Waals surface area contributed by atoms with Gasteiger partial charge >= 0.3 is 5.97 Å². The van der Waals surface area contributed by atoms with E-state index in [1.54, 1.807) is 7.05 Å². The van der Waals surface area contributed by atoms with E-state index >= 15 is 0 Å². The van der Waals surface area contributed by atoms with Gasteiger partial charge in [0.15, 0.2) is 6.10 Å². The van der Waals surface area contributed by atoms with Crippen LogP contribution in [0.2, 0.25) is 0 Å². The number of fused-ring (bicyclic) bond motifs is 1. The zero-order valence-corrected chi connectivity index (χ0v) is 10.8. The Kier molecular flexibility index (Phi) is 4.54. The van der Waals surface area contributed by atoms with Gasteiger partial charge in [0.1, 0.15) is 0 Å². The van der Waals surface area contributed by atoms with E-state index in [0.717, 1.165) is 16.5 Å². The van der Waals surface area contributed by atoms with Crippen LogP contribution in [0.25, 0.3) is 10.9 Å². The number of likely N-dealkylation sites (N-methyl/N-ethyl adjacent to an activating group) is 1. The molecule has 1 aromatic carbocycles. The van der Waals surface area contributed by atoms with Crippen molar-refractivity contribution < 1.29 is 14.6 Å². The molecule has 0 aliphatic heterocycles. The third-order valence-corrected chi connectivity index (χ3v) is 3.03. The van der Waals surface area contributed by atoms with Crippen molar-refractivity contribution in [1.82, 2.24) is 10.3 Å². The summed E-state index contributed by atoms with van der Waals surface area (Å²) < 4.78 is 5.39. The third kappa shape index (κ3) is 3.33. The molecule has 1 heterocycles. The average Bonchev–Trinajstić information content (AvgIpc) is 2.81. The van der Waals surface area contributed by atoms with Crippen LogP contribution in [0.4, 0.5) is 0 Å². The second-order valence-electron chi connectivity index (χ2n) is 4.36. The number of aromatic amines is 1. The number of carbonyl (C=O) groups is 1. The molecule has 1 aromatic heterocycles. The zero-order valence-electron chi connectivity index (χ0n) is 10.8. The lowest BCUT2D eigenvalue weighted by atomic mass is 10.1. The van der Waals surface area contributed by atoms with Crippen LogP contribution < -0.4 is 5.32 Å². The molecule has 5 nitrogen and oxygen atoms in total. The fourth-order valence-corrected chi connectivity index (χ4v) is 2.02. The number of H-pyrrole nitrogens is 1.